The van der Waals surface area contributed by atoms with E-state index in [1.165, 1.54) is 12.4 Å². The summed E-state index contributed by atoms with van der Waals surface area (Å²) in [6.07, 6.45) is -1.40. The van der Waals surface area contributed by atoms with E-state index < -0.39 is 18.8 Å². The quantitative estimate of drug-likeness (QED) is 0.764. The number of anilines is 1. The molecule has 0 bridgehead atoms. The van der Waals surface area contributed by atoms with E-state index in [0.29, 0.717) is 6.29 Å². The van der Waals surface area contributed by atoms with E-state index in [4.69, 9.17) is 0 Å². The largest absolute Gasteiger partial charge is 0.406 e. The minimum atomic E-state index is -4.32. The van der Waals surface area contributed by atoms with Crippen LogP contribution in [0.25, 0.3) is 0 Å². The van der Waals surface area contributed by atoms with Gasteiger partial charge in [0.15, 0.2) is 6.29 Å². The predicted molar refractivity (Wildman–Crippen MR) is 56.0 cm³/mol. The summed E-state index contributed by atoms with van der Waals surface area (Å²) in [6.45, 7) is 2.11. The summed E-state index contributed by atoms with van der Waals surface area (Å²) in [6, 6.07) is -0.390. The lowest BCUT2D eigenvalue weighted by Crippen LogP contribution is -2.40. The Labute approximate surface area is 96.5 Å². The number of hydrogen-bond acceptors (Lipinski definition) is 4. The lowest BCUT2D eigenvalue weighted by atomic mass is 10.3. The fourth-order valence-corrected chi connectivity index (χ4v) is 1.22. The first-order chi connectivity index (χ1) is 7.83. The first-order valence-corrected chi connectivity index (χ1v) is 4.94. The van der Waals surface area contributed by atoms with E-state index in [2.05, 4.69) is 9.97 Å². The van der Waals surface area contributed by atoms with Gasteiger partial charge in [0.1, 0.15) is 6.54 Å². The highest BCUT2D eigenvalue weighted by molar-refractivity contribution is 5.73. The van der Waals surface area contributed by atoms with Gasteiger partial charge in [-0.2, -0.15) is 13.2 Å². The van der Waals surface area contributed by atoms with E-state index in [0.717, 1.165) is 4.90 Å². The molecule has 0 spiro atoms. The Morgan fingerprint density at radius 2 is 1.88 bits per heavy atom. The molecule has 4 nitrogen and oxygen atoms in total. The number of hydrogen-bond donors (Lipinski definition) is 0. The zero-order valence-corrected chi connectivity index (χ0v) is 9.40. The lowest BCUT2D eigenvalue weighted by molar-refractivity contribution is -0.120. The first-order valence-electron chi connectivity index (χ1n) is 4.94. The highest BCUT2D eigenvalue weighted by atomic mass is 19.4. The number of aldehydes is 1. The van der Waals surface area contributed by atoms with Gasteiger partial charge in [0.05, 0.1) is 5.56 Å². The van der Waals surface area contributed by atoms with Crippen LogP contribution in [0.2, 0.25) is 0 Å². The smallest absolute Gasteiger partial charge is 0.329 e. The van der Waals surface area contributed by atoms with Crippen LogP contribution < -0.4 is 4.90 Å². The summed E-state index contributed by atoms with van der Waals surface area (Å²) >= 11 is 0. The molecule has 0 aliphatic heterocycles. The highest BCUT2D eigenvalue weighted by Gasteiger charge is 2.33. The molecule has 0 unspecified atom stereocenters. The molecular weight excluding hydrogens is 235 g/mol. The Balaban J connectivity index is 2.93. The average Bonchev–Trinajstić information content (AvgIpc) is 2.25. The van der Waals surface area contributed by atoms with Crippen LogP contribution in [0.1, 0.15) is 24.2 Å². The molecule has 1 aromatic heterocycles. The minimum Gasteiger partial charge on any atom is -0.329 e. The molecule has 1 aromatic rings. The topological polar surface area (TPSA) is 46.1 Å². The van der Waals surface area contributed by atoms with Crippen LogP contribution in [0.15, 0.2) is 12.4 Å². The van der Waals surface area contributed by atoms with Crippen LogP contribution >= 0.6 is 0 Å². The molecule has 0 radical (unpaired) electrons. The monoisotopic (exact) mass is 247 g/mol. The van der Waals surface area contributed by atoms with Crippen LogP contribution in [0.4, 0.5) is 19.1 Å². The predicted octanol–water partition coefficient (Wildman–Crippen LogP) is 2.07. The molecule has 17 heavy (non-hydrogen) atoms. The standard InChI is InChI=1S/C10H12F3N3O/c1-7(2)16(6-10(11,12)13)9-14-3-8(5-17)4-15-9/h3-5,7H,6H2,1-2H3. The summed E-state index contributed by atoms with van der Waals surface area (Å²) in [4.78, 5) is 18.9. The van der Waals surface area contributed by atoms with Crippen molar-refractivity contribution in [2.24, 2.45) is 0 Å². The molecule has 0 amide bonds. The molecule has 0 atom stereocenters. The van der Waals surface area contributed by atoms with Crippen LogP contribution in [0.5, 0.6) is 0 Å². The Morgan fingerprint density at radius 3 is 2.24 bits per heavy atom. The first kappa shape index (κ1) is 13.4. The molecule has 0 N–H and O–H groups in total. The molecule has 0 aliphatic rings. The van der Waals surface area contributed by atoms with Gasteiger partial charge < -0.3 is 4.90 Å². The van der Waals surface area contributed by atoms with Crippen molar-refractivity contribution in [1.29, 1.82) is 0 Å². The van der Waals surface area contributed by atoms with Crippen molar-refractivity contribution in [3.63, 3.8) is 0 Å². The molecule has 0 aliphatic carbocycles. The third-order valence-corrected chi connectivity index (χ3v) is 2.02. The Bertz CT molecular complexity index is 375. The van der Waals surface area contributed by atoms with Gasteiger partial charge in [0.25, 0.3) is 0 Å². The van der Waals surface area contributed by atoms with Crippen molar-refractivity contribution in [3.8, 4) is 0 Å². The molecule has 94 valence electrons. The zero-order valence-electron chi connectivity index (χ0n) is 9.40. The van der Waals surface area contributed by atoms with Gasteiger partial charge in [-0.25, -0.2) is 9.97 Å². The summed E-state index contributed by atoms with van der Waals surface area (Å²) in [5.74, 6) is -0.0390. The second-order valence-corrected chi connectivity index (χ2v) is 3.77. The normalized spacial score (nSPS) is 11.6. The summed E-state index contributed by atoms with van der Waals surface area (Å²) in [5, 5.41) is 0. The van der Waals surface area contributed by atoms with Crippen molar-refractivity contribution < 1.29 is 18.0 Å². The summed E-state index contributed by atoms with van der Waals surface area (Å²) < 4.78 is 37.0. The van der Waals surface area contributed by atoms with E-state index in [1.54, 1.807) is 13.8 Å². The van der Waals surface area contributed by atoms with Gasteiger partial charge in [-0.05, 0) is 13.8 Å². The van der Waals surface area contributed by atoms with Gasteiger partial charge >= 0.3 is 6.18 Å². The van der Waals surface area contributed by atoms with Gasteiger partial charge in [-0.1, -0.05) is 0 Å². The Kier molecular flexibility index (Phi) is 4.03. The Morgan fingerprint density at radius 1 is 1.35 bits per heavy atom. The molecule has 0 aromatic carbocycles. The number of aromatic nitrogens is 2. The van der Waals surface area contributed by atoms with E-state index in [1.807, 2.05) is 0 Å². The number of nitrogens with zero attached hydrogens (tertiary/aromatic N) is 3. The maximum atomic E-state index is 12.3. The van der Waals surface area contributed by atoms with Crippen molar-refractivity contribution in [2.45, 2.75) is 26.1 Å². The van der Waals surface area contributed by atoms with Gasteiger partial charge in [0.2, 0.25) is 5.95 Å². The molecule has 0 saturated carbocycles. The minimum absolute atomic E-state index is 0.0390. The van der Waals surface area contributed by atoms with E-state index in [9.17, 15) is 18.0 Å². The number of halogens is 3. The summed E-state index contributed by atoms with van der Waals surface area (Å²) in [5.41, 5.74) is 0.226. The Hall–Kier alpha value is -1.66. The third kappa shape index (κ3) is 4.01. The average molecular weight is 247 g/mol. The lowest BCUT2D eigenvalue weighted by Gasteiger charge is -2.27. The van der Waals surface area contributed by atoms with Crippen LogP contribution in [-0.2, 0) is 0 Å². The van der Waals surface area contributed by atoms with E-state index in [-0.39, 0.29) is 11.5 Å². The number of carbonyl (C=O) groups excluding carboxylic acids is 1. The third-order valence-electron chi connectivity index (χ3n) is 2.02. The van der Waals surface area contributed by atoms with Gasteiger partial charge in [-0.15, -0.1) is 0 Å². The molecule has 1 heterocycles. The van der Waals surface area contributed by atoms with Crippen molar-refractivity contribution in [1.82, 2.24) is 9.97 Å². The maximum Gasteiger partial charge on any atom is 0.406 e. The second-order valence-electron chi connectivity index (χ2n) is 3.77. The fraction of sp³-hybridized carbons (Fsp3) is 0.500. The zero-order chi connectivity index (χ0) is 13.1. The molecule has 7 heteroatoms. The SMILES string of the molecule is CC(C)N(CC(F)(F)F)c1ncc(C=O)cn1. The molecular formula is C10H12F3N3O. The summed E-state index contributed by atoms with van der Waals surface area (Å²) in [7, 11) is 0. The maximum absolute atomic E-state index is 12.3. The van der Waals surface area contributed by atoms with E-state index >= 15 is 0 Å². The van der Waals surface area contributed by atoms with Crippen LogP contribution in [0.3, 0.4) is 0 Å². The number of carbonyl (C=O) groups is 1. The highest BCUT2D eigenvalue weighted by Crippen LogP contribution is 2.21. The van der Waals surface area contributed by atoms with Crippen LogP contribution in [0, 0.1) is 0 Å². The van der Waals surface area contributed by atoms with Crippen LogP contribution in [-0.4, -0.2) is 35.0 Å². The van der Waals surface area contributed by atoms with Crippen molar-refractivity contribution >= 4 is 12.2 Å². The van der Waals surface area contributed by atoms with Crippen molar-refractivity contribution in [2.75, 3.05) is 11.4 Å². The van der Waals surface area contributed by atoms with Gasteiger partial charge in [0, 0.05) is 18.4 Å². The molecule has 1 rings (SSSR count). The second kappa shape index (κ2) is 5.11. The van der Waals surface area contributed by atoms with Crippen molar-refractivity contribution in [3.05, 3.63) is 18.0 Å². The molecule has 0 saturated heterocycles. The van der Waals surface area contributed by atoms with Gasteiger partial charge in [-0.3, -0.25) is 4.79 Å². The molecule has 0 fully saturated rings. The number of rotatable bonds is 4. The number of alkyl halides is 3. The fourth-order valence-electron chi connectivity index (χ4n) is 1.22.